The maximum Gasteiger partial charge on any atom is 0.488 e. The SMILES string of the molecule is CC(C)N1Cc2ccc(B(O)O)cc2C1.COCCS(=O)(=O)N1CCC(c2c[nH]c3c(C(N)=O)cc(-c4ccc5c(c4)CN(C(C)C)C5)cc23)CC1.COCCS(=O)(=O)N1CCC(c2c[nH]c3c(C(N)=O)cc(Br)cc23)CC1.I. The van der Waals surface area contributed by atoms with Crippen molar-refractivity contribution in [1.82, 2.24) is 28.4 Å². The number of carbonyl (C=O) groups excluding carboxylic acids is 2. The molecule has 2 amide bonds. The maximum absolute atomic E-state index is 12.6. The number of fused-ring (bicyclic) bond motifs is 4. The average Bonchev–Trinajstić information content (AvgIpc) is 4.42. The molecule has 0 saturated carbocycles. The molecule has 0 spiro atoms. The van der Waals surface area contributed by atoms with Crippen LogP contribution in [0.25, 0.3) is 32.9 Å². The average molecular weight is 1300 g/mol. The van der Waals surface area contributed by atoms with Crippen LogP contribution in [0, 0.1) is 0 Å². The number of piperidine rings is 2. The van der Waals surface area contributed by atoms with Crippen molar-refractivity contribution in [3.63, 3.8) is 0 Å². The van der Waals surface area contributed by atoms with Crippen molar-refractivity contribution < 1.29 is 45.9 Å². The predicted molar refractivity (Wildman–Crippen MR) is 326 cm³/mol. The van der Waals surface area contributed by atoms with Crippen molar-refractivity contribution in [2.75, 3.05) is 65.1 Å². The number of methoxy groups -OCH3 is 2. The molecule has 4 aliphatic heterocycles. The zero-order chi connectivity index (χ0) is 56.2. The minimum atomic E-state index is -3.32. The molecule has 0 unspecified atom stereocenters. The third-order valence-corrected chi connectivity index (χ3v) is 20.0. The number of primary amides is 2. The van der Waals surface area contributed by atoms with E-state index in [1.54, 1.807) is 20.7 Å². The lowest BCUT2D eigenvalue weighted by atomic mass is 9.79. The molecule has 0 radical (unpaired) electrons. The Morgan fingerprint density at radius 1 is 0.633 bits per heavy atom. The third-order valence-electron chi connectivity index (χ3n) is 15.8. The van der Waals surface area contributed by atoms with E-state index in [1.165, 1.54) is 36.5 Å². The van der Waals surface area contributed by atoms with E-state index in [9.17, 15) is 26.4 Å². The van der Waals surface area contributed by atoms with Gasteiger partial charge in [-0.25, -0.2) is 25.4 Å². The fraction of sp³-hybridized carbons (Fsp3) is 0.464. The number of nitrogens with two attached hydrogens (primary N) is 2. The highest BCUT2D eigenvalue weighted by Gasteiger charge is 2.32. The van der Waals surface area contributed by atoms with Gasteiger partial charge in [0.25, 0.3) is 11.8 Å². The molecule has 18 nitrogen and oxygen atoms in total. The van der Waals surface area contributed by atoms with E-state index >= 15 is 0 Å². The van der Waals surface area contributed by atoms with Gasteiger partial charge in [-0.15, -0.1) is 24.0 Å². The number of carbonyl (C=O) groups is 2. The van der Waals surface area contributed by atoms with Crippen LogP contribution in [0.2, 0.25) is 0 Å². The van der Waals surface area contributed by atoms with Gasteiger partial charge in [-0.2, -0.15) is 0 Å². The number of benzene rings is 4. The van der Waals surface area contributed by atoms with E-state index in [2.05, 4.69) is 87.7 Å². The Hall–Kier alpha value is -4.25. The number of ether oxygens (including phenoxy) is 2. The van der Waals surface area contributed by atoms with Crippen molar-refractivity contribution in [3.8, 4) is 11.1 Å². The van der Waals surface area contributed by atoms with Crippen molar-refractivity contribution in [3.05, 3.63) is 122 Å². The predicted octanol–water partition coefficient (Wildman–Crippen LogP) is 6.71. The van der Waals surface area contributed by atoms with Crippen LogP contribution in [0.15, 0.2) is 77.5 Å². The number of rotatable bonds is 16. The zero-order valence-electron chi connectivity index (χ0n) is 45.8. The number of halogens is 2. The van der Waals surface area contributed by atoms with Crippen LogP contribution >= 0.6 is 39.9 Å². The van der Waals surface area contributed by atoms with Gasteiger partial charge >= 0.3 is 7.12 Å². The van der Waals surface area contributed by atoms with Gasteiger partial charge in [-0.3, -0.25) is 19.4 Å². The fourth-order valence-electron chi connectivity index (χ4n) is 11.2. The number of aromatic amines is 2. The zero-order valence-corrected chi connectivity index (χ0v) is 51.4. The second kappa shape index (κ2) is 26.8. The van der Waals surface area contributed by atoms with Crippen molar-refractivity contribution >= 4 is 106 Å². The molecule has 4 aliphatic rings. The van der Waals surface area contributed by atoms with E-state index < -0.39 is 39.0 Å². The smallest absolute Gasteiger partial charge is 0.423 e. The third kappa shape index (κ3) is 14.5. The van der Waals surface area contributed by atoms with Gasteiger partial charge in [-0.1, -0.05) is 46.3 Å². The monoisotopic (exact) mass is 1300 g/mol. The summed E-state index contributed by atoms with van der Waals surface area (Å²) in [5, 5.41) is 20.1. The minimum Gasteiger partial charge on any atom is -0.423 e. The number of nitrogens with zero attached hydrogens (tertiary/aromatic N) is 4. The number of sulfonamides is 2. The Balaban J connectivity index is 0.000000186. The Kier molecular flexibility index (Phi) is 21.1. The van der Waals surface area contributed by atoms with E-state index in [0.29, 0.717) is 54.9 Å². The largest absolute Gasteiger partial charge is 0.488 e. The lowest BCUT2D eigenvalue weighted by Gasteiger charge is -2.31. The van der Waals surface area contributed by atoms with Crippen LogP contribution in [0.5, 0.6) is 0 Å². The van der Waals surface area contributed by atoms with E-state index in [0.717, 1.165) is 100 Å². The number of H-pyrrole nitrogens is 2. The maximum atomic E-state index is 12.6. The van der Waals surface area contributed by atoms with Crippen LogP contribution in [0.3, 0.4) is 0 Å². The molecule has 8 N–H and O–H groups in total. The summed E-state index contributed by atoms with van der Waals surface area (Å²) < 4.78 is 63.5. The highest BCUT2D eigenvalue weighted by Crippen LogP contribution is 2.39. The Morgan fingerprint density at radius 3 is 1.51 bits per heavy atom. The van der Waals surface area contributed by atoms with Gasteiger partial charge in [0.15, 0.2) is 0 Å². The second-order valence-electron chi connectivity index (χ2n) is 21.4. The van der Waals surface area contributed by atoms with Crippen molar-refractivity contribution in [2.45, 2.75) is 103 Å². The van der Waals surface area contributed by atoms with Gasteiger partial charge in [0, 0.05) is 106 Å². The summed E-state index contributed by atoms with van der Waals surface area (Å²) in [6.07, 6.45) is 6.78. The number of nitrogens with one attached hydrogen (secondary N) is 2. The van der Waals surface area contributed by atoms with Crippen LogP contribution in [-0.4, -0.2) is 151 Å². The first-order valence-electron chi connectivity index (χ1n) is 26.7. The van der Waals surface area contributed by atoms with Gasteiger partial charge in [0.05, 0.1) is 46.9 Å². The molecule has 0 aliphatic carbocycles. The van der Waals surface area contributed by atoms with E-state index in [4.69, 9.17) is 31.0 Å². The Morgan fingerprint density at radius 2 is 1.06 bits per heavy atom. The van der Waals surface area contributed by atoms with Crippen LogP contribution in [-0.2, 0) is 55.7 Å². The molecular formula is C56H75BBrIN8O10S2. The summed E-state index contributed by atoms with van der Waals surface area (Å²) in [5.41, 5.74) is 23.7. The van der Waals surface area contributed by atoms with Crippen molar-refractivity contribution in [2.24, 2.45) is 11.5 Å². The van der Waals surface area contributed by atoms with Crippen LogP contribution in [0.4, 0.5) is 0 Å². The summed E-state index contributed by atoms with van der Waals surface area (Å²) in [4.78, 5) is 35.4. The van der Waals surface area contributed by atoms with Gasteiger partial charge in [0.1, 0.15) is 0 Å². The standard InChI is InChI=1S/C28H36N4O4S.C17H22BrN3O4S.C11H16BNO2.HI/c1-18(2)31-16-21-5-4-20(12-23(21)17-31)22-13-24-26(15-30-27(24)25(14-22)28(29)33)19-6-8-32(9-7-19)37(34,35)11-10-36-3;1-25-6-7-26(23,24)21-4-2-11(3-5-21)15-10-20-16-13(15)8-12(18)9-14(16)17(19)22;1-8(2)13-6-9-3-4-11(12(14)15)5-10(9)7-13;/h4-5,12-15,18-19,30H,6-11,16-17H2,1-3H3,(H2,29,33);8-11,20H,2-7H2,1H3,(H2,19,22);3-5,8,14-15H,6-7H2,1-2H3;1H. The first kappa shape index (κ1) is 62.4. The summed E-state index contributed by atoms with van der Waals surface area (Å²) in [6, 6.07) is 20.9. The lowest BCUT2D eigenvalue weighted by molar-refractivity contribution is 0.0993. The van der Waals surface area contributed by atoms with Crippen LogP contribution in [0.1, 0.15) is 119 Å². The lowest BCUT2D eigenvalue weighted by Crippen LogP contribution is -2.39. The molecule has 0 atom stereocenters. The Labute approximate surface area is 490 Å². The number of aromatic nitrogens is 2. The summed E-state index contributed by atoms with van der Waals surface area (Å²) in [5.74, 6) is -0.514. The number of hydrogen-bond acceptors (Lipinski definition) is 12. The molecule has 10 rings (SSSR count). The summed E-state index contributed by atoms with van der Waals surface area (Å²) in [7, 11) is -4.94. The van der Waals surface area contributed by atoms with Gasteiger partial charge in [0.2, 0.25) is 20.0 Å². The molecule has 2 aromatic heterocycles. The highest BCUT2D eigenvalue weighted by atomic mass is 127. The highest BCUT2D eigenvalue weighted by molar-refractivity contribution is 14.0. The summed E-state index contributed by atoms with van der Waals surface area (Å²) >= 11 is 3.43. The Bertz CT molecular complexity index is 3360. The molecule has 6 heterocycles. The minimum absolute atomic E-state index is 0. The molecule has 428 valence electrons. The van der Waals surface area contributed by atoms with E-state index in [-0.39, 0.29) is 60.5 Å². The number of amides is 2. The molecule has 4 aromatic carbocycles. The molecule has 79 heavy (non-hydrogen) atoms. The van der Waals surface area contributed by atoms with Crippen LogP contribution < -0.4 is 16.9 Å². The first-order chi connectivity index (χ1) is 37.1. The first-order valence-corrected chi connectivity index (χ1v) is 30.7. The van der Waals surface area contributed by atoms with Gasteiger partial charge in [-0.05, 0) is 146 Å². The number of hydrogen-bond donors (Lipinski definition) is 6. The molecule has 2 fully saturated rings. The fourth-order valence-corrected chi connectivity index (χ4v) is 14.4. The molecule has 0 bridgehead atoms. The summed E-state index contributed by atoms with van der Waals surface area (Å²) in [6.45, 7) is 14.9. The molecule has 6 aromatic rings. The topological polar surface area (TPSA) is 258 Å². The normalized spacial score (nSPS) is 16.8. The molecule has 23 heteroatoms. The van der Waals surface area contributed by atoms with E-state index in [1.807, 2.05) is 36.7 Å². The second-order valence-corrected chi connectivity index (χ2v) is 26.5. The molecule has 2 saturated heterocycles. The van der Waals surface area contributed by atoms with Gasteiger partial charge < -0.3 is 41.0 Å². The van der Waals surface area contributed by atoms with Crippen molar-refractivity contribution in [1.29, 1.82) is 0 Å². The molecular weight excluding hydrogens is 1230 g/mol. The quantitative estimate of drug-likeness (QED) is 0.0437.